The van der Waals surface area contributed by atoms with E-state index < -0.39 is 0 Å². The first-order valence-electron chi connectivity index (χ1n) is 12.0. The summed E-state index contributed by atoms with van der Waals surface area (Å²) in [5, 5.41) is 4.34. The number of imidazole rings is 1. The summed E-state index contributed by atoms with van der Waals surface area (Å²) < 4.78 is 14.1. The molecule has 2 aromatic heterocycles. The third-order valence-corrected chi connectivity index (χ3v) is 5.99. The van der Waals surface area contributed by atoms with Gasteiger partial charge in [-0.2, -0.15) is 0 Å². The number of nitrogens with zero attached hydrogens (tertiary/aromatic N) is 5. The standard InChI is InChI=1S/C28H30N6O2/c1-19-14-20(6-11-27(19)36-22-8-10-26-25(16-22)31-18-34(26)4)32-28-23-15-21(35-13-5-12-33(2)3)7-9-24(23)29-17-30-28/h6-11,14-18H,5,12-13H2,1-4H3,(H,29,30,32). The van der Waals surface area contributed by atoms with E-state index in [0.717, 1.165) is 69.2 Å². The van der Waals surface area contributed by atoms with Gasteiger partial charge >= 0.3 is 0 Å². The molecule has 36 heavy (non-hydrogen) atoms. The molecule has 0 unspecified atom stereocenters. The van der Waals surface area contributed by atoms with Crippen LogP contribution in [-0.4, -0.2) is 51.7 Å². The van der Waals surface area contributed by atoms with Crippen molar-refractivity contribution in [3.05, 3.63) is 72.8 Å². The van der Waals surface area contributed by atoms with Crippen LogP contribution in [0.2, 0.25) is 0 Å². The Morgan fingerprint density at radius 2 is 1.78 bits per heavy atom. The molecule has 1 N–H and O–H groups in total. The van der Waals surface area contributed by atoms with Crippen LogP contribution in [0.1, 0.15) is 12.0 Å². The lowest BCUT2D eigenvalue weighted by atomic mass is 10.2. The van der Waals surface area contributed by atoms with Gasteiger partial charge in [0.05, 0.1) is 29.5 Å². The minimum Gasteiger partial charge on any atom is -0.494 e. The van der Waals surface area contributed by atoms with Gasteiger partial charge in [-0.3, -0.25) is 0 Å². The topological polar surface area (TPSA) is 77.3 Å². The summed E-state index contributed by atoms with van der Waals surface area (Å²) in [5.74, 6) is 3.08. The van der Waals surface area contributed by atoms with Crippen molar-refractivity contribution in [2.24, 2.45) is 7.05 Å². The molecule has 0 saturated heterocycles. The molecule has 5 rings (SSSR count). The normalized spacial score (nSPS) is 11.4. The van der Waals surface area contributed by atoms with E-state index in [-0.39, 0.29) is 0 Å². The summed E-state index contributed by atoms with van der Waals surface area (Å²) >= 11 is 0. The molecule has 0 radical (unpaired) electrons. The summed E-state index contributed by atoms with van der Waals surface area (Å²) in [6, 6.07) is 17.8. The van der Waals surface area contributed by atoms with E-state index in [1.54, 1.807) is 12.7 Å². The number of hydrogen-bond acceptors (Lipinski definition) is 7. The summed E-state index contributed by atoms with van der Waals surface area (Å²) in [5.41, 5.74) is 4.75. The van der Waals surface area contributed by atoms with Crippen LogP contribution in [0.4, 0.5) is 11.5 Å². The van der Waals surface area contributed by atoms with Crippen LogP contribution in [0.15, 0.2) is 67.3 Å². The Morgan fingerprint density at radius 1 is 0.917 bits per heavy atom. The maximum atomic E-state index is 6.16. The summed E-state index contributed by atoms with van der Waals surface area (Å²) in [4.78, 5) is 15.5. The molecule has 184 valence electrons. The summed E-state index contributed by atoms with van der Waals surface area (Å²) in [6.45, 7) is 3.67. The minimum atomic E-state index is 0.661. The average Bonchev–Trinajstić information content (AvgIpc) is 3.23. The van der Waals surface area contributed by atoms with Crippen molar-refractivity contribution >= 4 is 33.4 Å². The molecule has 0 amide bonds. The molecule has 3 aromatic carbocycles. The molecule has 5 aromatic rings. The number of benzene rings is 3. The quantitative estimate of drug-likeness (QED) is 0.270. The smallest absolute Gasteiger partial charge is 0.141 e. The first-order valence-corrected chi connectivity index (χ1v) is 12.0. The number of aryl methyl sites for hydroxylation is 2. The van der Waals surface area contributed by atoms with Crippen LogP contribution < -0.4 is 14.8 Å². The number of rotatable bonds is 9. The van der Waals surface area contributed by atoms with Crippen LogP contribution in [0, 0.1) is 6.92 Å². The molecule has 0 aliphatic heterocycles. The second-order valence-corrected chi connectivity index (χ2v) is 9.12. The van der Waals surface area contributed by atoms with E-state index in [1.165, 1.54) is 0 Å². The monoisotopic (exact) mass is 482 g/mol. The van der Waals surface area contributed by atoms with E-state index >= 15 is 0 Å². The van der Waals surface area contributed by atoms with Crippen molar-refractivity contribution in [1.29, 1.82) is 0 Å². The number of nitrogens with one attached hydrogen (secondary N) is 1. The third-order valence-electron chi connectivity index (χ3n) is 5.99. The molecule has 8 nitrogen and oxygen atoms in total. The third kappa shape index (κ3) is 5.23. The van der Waals surface area contributed by atoms with Crippen molar-refractivity contribution in [1.82, 2.24) is 24.4 Å². The van der Waals surface area contributed by atoms with Gasteiger partial charge in [-0.25, -0.2) is 15.0 Å². The van der Waals surface area contributed by atoms with Gasteiger partial charge in [0, 0.05) is 30.7 Å². The Labute approximate surface area is 210 Å². The van der Waals surface area contributed by atoms with Gasteiger partial charge in [0.25, 0.3) is 0 Å². The van der Waals surface area contributed by atoms with Crippen LogP contribution in [0.25, 0.3) is 21.9 Å². The maximum absolute atomic E-state index is 6.16. The highest BCUT2D eigenvalue weighted by atomic mass is 16.5. The molecule has 0 spiro atoms. The van der Waals surface area contributed by atoms with E-state index in [4.69, 9.17) is 9.47 Å². The van der Waals surface area contributed by atoms with Gasteiger partial charge in [0.15, 0.2) is 0 Å². The van der Waals surface area contributed by atoms with E-state index in [2.05, 4.69) is 39.3 Å². The number of anilines is 2. The highest BCUT2D eigenvalue weighted by Crippen LogP contribution is 2.31. The van der Waals surface area contributed by atoms with Crippen LogP contribution in [-0.2, 0) is 7.05 Å². The zero-order valence-electron chi connectivity index (χ0n) is 21.0. The van der Waals surface area contributed by atoms with E-state index in [0.29, 0.717) is 6.61 Å². The lowest BCUT2D eigenvalue weighted by Gasteiger charge is -2.13. The lowest BCUT2D eigenvalue weighted by Crippen LogP contribution is -2.15. The zero-order chi connectivity index (χ0) is 25.1. The summed E-state index contributed by atoms with van der Waals surface area (Å²) in [6.07, 6.45) is 4.34. The Kier molecular flexibility index (Phi) is 6.69. The second-order valence-electron chi connectivity index (χ2n) is 9.12. The molecule has 0 fully saturated rings. The fourth-order valence-corrected chi connectivity index (χ4v) is 4.08. The number of hydrogen-bond donors (Lipinski definition) is 1. The number of fused-ring (bicyclic) bond motifs is 2. The van der Waals surface area contributed by atoms with Gasteiger partial charge in [0.1, 0.15) is 29.4 Å². The summed E-state index contributed by atoms with van der Waals surface area (Å²) in [7, 11) is 6.10. The first-order chi connectivity index (χ1) is 17.5. The Hall–Kier alpha value is -4.17. The Bertz CT molecular complexity index is 1510. The van der Waals surface area contributed by atoms with Gasteiger partial charge in [0.2, 0.25) is 0 Å². The lowest BCUT2D eigenvalue weighted by molar-refractivity contribution is 0.282. The van der Waals surface area contributed by atoms with Gasteiger partial charge in [-0.15, -0.1) is 0 Å². The zero-order valence-corrected chi connectivity index (χ0v) is 21.0. The largest absolute Gasteiger partial charge is 0.494 e. The van der Waals surface area contributed by atoms with Crippen molar-refractivity contribution in [2.75, 3.05) is 32.6 Å². The predicted molar refractivity (Wildman–Crippen MR) is 143 cm³/mol. The van der Waals surface area contributed by atoms with Crippen molar-refractivity contribution in [3.8, 4) is 17.2 Å². The predicted octanol–water partition coefficient (Wildman–Crippen LogP) is 5.69. The van der Waals surface area contributed by atoms with Gasteiger partial charge in [-0.1, -0.05) is 0 Å². The molecular formula is C28H30N6O2. The van der Waals surface area contributed by atoms with Crippen LogP contribution in [0.3, 0.4) is 0 Å². The Morgan fingerprint density at radius 3 is 2.61 bits per heavy atom. The van der Waals surface area contributed by atoms with Crippen molar-refractivity contribution in [3.63, 3.8) is 0 Å². The molecule has 0 saturated carbocycles. The Balaban J connectivity index is 1.32. The number of aromatic nitrogens is 4. The van der Waals surface area contributed by atoms with Gasteiger partial charge in [-0.05, 0) is 81.5 Å². The minimum absolute atomic E-state index is 0.661. The fraction of sp³-hybridized carbons (Fsp3) is 0.250. The van der Waals surface area contributed by atoms with Crippen LogP contribution >= 0.6 is 0 Å². The molecule has 0 aliphatic rings. The van der Waals surface area contributed by atoms with Crippen molar-refractivity contribution in [2.45, 2.75) is 13.3 Å². The molecule has 2 heterocycles. The fourth-order valence-electron chi connectivity index (χ4n) is 4.08. The highest BCUT2D eigenvalue weighted by molar-refractivity contribution is 5.91. The second kappa shape index (κ2) is 10.2. The molecule has 8 heteroatoms. The van der Waals surface area contributed by atoms with Crippen molar-refractivity contribution < 1.29 is 9.47 Å². The number of ether oxygens (including phenoxy) is 2. The maximum Gasteiger partial charge on any atom is 0.141 e. The highest BCUT2D eigenvalue weighted by Gasteiger charge is 2.09. The SMILES string of the molecule is Cc1cc(Nc2ncnc3ccc(OCCCN(C)C)cc23)ccc1Oc1ccc2c(c1)ncn2C. The molecular weight excluding hydrogens is 452 g/mol. The van der Waals surface area contributed by atoms with Gasteiger partial charge < -0.3 is 24.3 Å². The van der Waals surface area contributed by atoms with E-state index in [1.807, 2.05) is 73.1 Å². The molecule has 0 aliphatic carbocycles. The van der Waals surface area contributed by atoms with E-state index in [9.17, 15) is 0 Å². The molecule has 0 atom stereocenters. The first kappa shape index (κ1) is 23.6. The average molecular weight is 483 g/mol. The van der Waals surface area contributed by atoms with Crippen LogP contribution in [0.5, 0.6) is 17.2 Å². The molecule has 0 bridgehead atoms.